The SMILES string of the molecule is O=C1Nc2ccc(Br)cc2C1=NN=C1SC(=Cc2cccc(Br)c2)C(=O)N1c1ccc(F)cc1. The zero-order valence-electron chi connectivity index (χ0n) is 17.1. The van der Waals surface area contributed by atoms with Crippen LogP contribution in [-0.2, 0) is 9.59 Å². The van der Waals surface area contributed by atoms with Crippen molar-refractivity contribution in [2.24, 2.45) is 10.2 Å². The van der Waals surface area contributed by atoms with Gasteiger partial charge in [-0.2, -0.15) is 0 Å². The number of amidine groups is 1. The molecule has 2 aliphatic heterocycles. The van der Waals surface area contributed by atoms with Gasteiger partial charge in [-0.3, -0.25) is 14.5 Å². The van der Waals surface area contributed by atoms with E-state index in [0.717, 1.165) is 26.3 Å². The number of thioether (sulfide) groups is 1. The van der Waals surface area contributed by atoms with Crippen molar-refractivity contribution in [3.8, 4) is 0 Å². The standard InChI is InChI=1S/C24H13Br2FN4O2S/c25-14-3-1-2-13(10-14)11-20-23(33)31(17-7-5-16(27)6-8-17)24(34-20)30-29-21-18-12-15(26)4-9-19(18)28-22(21)32/h1-12H,(H,28,29,32). The molecule has 2 heterocycles. The molecule has 6 nitrogen and oxygen atoms in total. The summed E-state index contributed by atoms with van der Waals surface area (Å²) in [6, 6.07) is 18.4. The van der Waals surface area contributed by atoms with Gasteiger partial charge < -0.3 is 5.32 Å². The molecule has 0 atom stereocenters. The molecule has 1 fully saturated rings. The summed E-state index contributed by atoms with van der Waals surface area (Å²) in [4.78, 5) is 27.5. The lowest BCUT2D eigenvalue weighted by atomic mass is 10.1. The summed E-state index contributed by atoms with van der Waals surface area (Å²) >= 11 is 7.96. The van der Waals surface area contributed by atoms with Crippen molar-refractivity contribution in [3.05, 3.63) is 97.5 Å². The van der Waals surface area contributed by atoms with Gasteiger partial charge in [-0.25, -0.2) is 4.39 Å². The lowest BCUT2D eigenvalue weighted by molar-refractivity contribution is -0.113. The maximum absolute atomic E-state index is 13.5. The largest absolute Gasteiger partial charge is 0.320 e. The Hall–Kier alpha value is -3.08. The van der Waals surface area contributed by atoms with Crippen LogP contribution in [0.2, 0.25) is 0 Å². The van der Waals surface area contributed by atoms with Gasteiger partial charge in [-0.05, 0) is 78.0 Å². The van der Waals surface area contributed by atoms with E-state index in [0.29, 0.717) is 21.8 Å². The third kappa shape index (κ3) is 4.48. The first-order valence-electron chi connectivity index (χ1n) is 9.91. The molecule has 3 aromatic carbocycles. The van der Waals surface area contributed by atoms with Gasteiger partial charge in [0.05, 0.1) is 16.3 Å². The fraction of sp³-hybridized carbons (Fsp3) is 0. The monoisotopic (exact) mass is 598 g/mol. The van der Waals surface area contributed by atoms with E-state index in [-0.39, 0.29) is 22.7 Å². The predicted molar refractivity (Wildman–Crippen MR) is 140 cm³/mol. The van der Waals surface area contributed by atoms with E-state index in [1.165, 1.54) is 29.2 Å². The predicted octanol–water partition coefficient (Wildman–Crippen LogP) is 6.18. The van der Waals surface area contributed by atoms with Crippen LogP contribution in [0.1, 0.15) is 11.1 Å². The van der Waals surface area contributed by atoms with Crippen LogP contribution in [-0.4, -0.2) is 22.7 Å². The second kappa shape index (κ2) is 9.28. The molecule has 0 radical (unpaired) electrons. The average Bonchev–Trinajstić information content (AvgIpc) is 3.28. The summed E-state index contributed by atoms with van der Waals surface area (Å²) in [5, 5.41) is 11.5. The normalized spacial score (nSPS) is 18.8. The van der Waals surface area contributed by atoms with E-state index >= 15 is 0 Å². The third-order valence-electron chi connectivity index (χ3n) is 4.97. The second-order valence-corrected chi connectivity index (χ2v) is 10.1. The Morgan fingerprint density at radius 3 is 2.47 bits per heavy atom. The highest BCUT2D eigenvalue weighted by Gasteiger charge is 2.35. The minimum Gasteiger partial charge on any atom is -0.320 e. The molecule has 0 unspecified atom stereocenters. The lowest BCUT2D eigenvalue weighted by Gasteiger charge is -2.14. The lowest BCUT2D eigenvalue weighted by Crippen LogP contribution is -2.28. The van der Waals surface area contributed by atoms with Crippen molar-refractivity contribution >= 4 is 83.8 Å². The maximum atomic E-state index is 13.5. The van der Waals surface area contributed by atoms with Crippen LogP contribution in [0.25, 0.3) is 6.08 Å². The average molecular weight is 600 g/mol. The van der Waals surface area contributed by atoms with E-state index in [2.05, 4.69) is 47.4 Å². The van der Waals surface area contributed by atoms with E-state index in [9.17, 15) is 14.0 Å². The fourth-order valence-electron chi connectivity index (χ4n) is 3.42. The van der Waals surface area contributed by atoms with E-state index in [1.807, 2.05) is 30.3 Å². The highest BCUT2D eigenvalue weighted by atomic mass is 79.9. The van der Waals surface area contributed by atoms with Gasteiger partial charge in [0.25, 0.3) is 11.8 Å². The number of hydrogen-bond acceptors (Lipinski definition) is 5. The maximum Gasteiger partial charge on any atom is 0.276 e. The number of fused-ring (bicyclic) bond motifs is 1. The van der Waals surface area contributed by atoms with Gasteiger partial charge in [0.2, 0.25) is 5.17 Å². The Morgan fingerprint density at radius 2 is 1.71 bits per heavy atom. The molecule has 2 aliphatic rings. The first-order valence-corrected chi connectivity index (χ1v) is 12.3. The van der Waals surface area contributed by atoms with Crippen molar-refractivity contribution in [1.29, 1.82) is 0 Å². The second-order valence-electron chi connectivity index (χ2n) is 7.26. The van der Waals surface area contributed by atoms with Crippen molar-refractivity contribution in [2.45, 2.75) is 0 Å². The molecule has 1 N–H and O–H groups in total. The summed E-state index contributed by atoms with van der Waals surface area (Å²) < 4.78 is 15.2. The third-order valence-corrected chi connectivity index (χ3v) is 6.92. The van der Waals surface area contributed by atoms with Crippen LogP contribution in [0.3, 0.4) is 0 Å². The van der Waals surface area contributed by atoms with Crippen LogP contribution in [0, 0.1) is 5.82 Å². The molecular weight excluding hydrogens is 587 g/mol. The van der Waals surface area contributed by atoms with E-state index in [4.69, 9.17) is 0 Å². The summed E-state index contributed by atoms with van der Waals surface area (Å²) in [7, 11) is 0. The molecule has 0 aliphatic carbocycles. The van der Waals surface area contributed by atoms with Crippen LogP contribution < -0.4 is 10.2 Å². The number of nitrogens with one attached hydrogen (secondary N) is 1. The summed E-state index contributed by atoms with van der Waals surface area (Å²) in [6.07, 6.45) is 1.75. The Bertz CT molecular complexity index is 1440. The molecule has 2 amide bonds. The highest BCUT2D eigenvalue weighted by molar-refractivity contribution is 9.10. The minimum absolute atomic E-state index is 0.139. The van der Waals surface area contributed by atoms with Crippen molar-refractivity contribution in [3.63, 3.8) is 0 Å². The first-order chi connectivity index (χ1) is 16.4. The van der Waals surface area contributed by atoms with E-state index in [1.54, 1.807) is 18.2 Å². The van der Waals surface area contributed by atoms with Crippen molar-refractivity contribution in [1.82, 2.24) is 0 Å². The molecule has 0 saturated carbocycles. The molecule has 0 bridgehead atoms. The number of carbonyl (C=O) groups excluding carboxylic acids is 2. The number of hydrogen-bond donors (Lipinski definition) is 1. The van der Waals surface area contributed by atoms with Gasteiger partial charge in [-0.1, -0.05) is 44.0 Å². The molecule has 168 valence electrons. The summed E-state index contributed by atoms with van der Waals surface area (Å²) in [6.45, 7) is 0. The zero-order valence-corrected chi connectivity index (χ0v) is 21.1. The van der Waals surface area contributed by atoms with Crippen molar-refractivity contribution < 1.29 is 14.0 Å². The number of anilines is 2. The number of rotatable bonds is 3. The van der Waals surface area contributed by atoms with Gasteiger partial charge >= 0.3 is 0 Å². The van der Waals surface area contributed by atoms with Crippen LogP contribution in [0.5, 0.6) is 0 Å². The van der Waals surface area contributed by atoms with Crippen molar-refractivity contribution in [2.75, 3.05) is 10.2 Å². The minimum atomic E-state index is -0.420. The molecule has 5 rings (SSSR count). The zero-order chi connectivity index (χ0) is 23.8. The Kier molecular flexibility index (Phi) is 6.20. The molecule has 1 saturated heterocycles. The van der Waals surface area contributed by atoms with Crippen LogP contribution >= 0.6 is 43.6 Å². The Labute approximate surface area is 214 Å². The highest BCUT2D eigenvalue weighted by Crippen LogP contribution is 2.36. The molecule has 0 spiro atoms. The van der Waals surface area contributed by atoms with Gasteiger partial charge in [0, 0.05) is 14.5 Å². The smallest absolute Gasteiger partial charge is 0.276 e. The number of nitrogens with zero attached hydrogens (tertiary/aromatic N) is 3. The van der Waals surface area contributed by atoms with Crippen LogP contribution in [0.4, 0.5) is 15.8 Å². The van der Waals surface area contributed by atoms with Gasteiger partial charge in [0.15, 0.2) is 5.71 Å². The topological polar surface area (TPSA) is 74.1 Å². The number of amides is 2. The van der Waals surface area contributed by atoms with Crippen LogP contribution in [0.15, 0.2) is 90.8 Å². The molecule has 3 aromatic rings. The summed E-state index contributed by atoms with van der Waals surface area (Å²) in [5.74, 6) is -1.13. The van der Waals surface area contributed by atoms with Gasteiger partial charge in [0.1, 0.15) is 5.82 Å². The summed E-state index contributed by atoms with van der Waals surface area (Å²) in [5.41, 5.74) is 2.64. The van der Waals surface area contributed by atoms with E-state index < -0.39 is 5.82 Å². The molecule has 10 heteroatoms. The molecule has 0 aromatic heterocycles. The number of benzene rings is 3. The Balaban J connectivity index is 1.58. The molecule has 34 heavy (non-hydrogen) atoms. The fourth-order valence-corrected chi connectivity index (χ4v) is 5.13. The van der Waals surface area contributed by atoms with Gasteiger partial charge in [-0.15, -0.1) is 10.2 Å². The Morgan fingerprint density at radius 1 is 0.941 bits per heavy atom. The first kappa shape index (κ1) is 22.7. The quantitative estimate of drug-likeness (QED) is 0.288. The number of halogens is 3. The number of carbonyl (C=O) groups is 2. The molecular formula is C24H13Br2FN4O2S.